The fourth-order valence-corrected chi connectivity index (χ4v) is 0.800. The summed E-state index contributed by atoms with van der Waals surface area (Å²) in [4.78, 5) is 25.3. The first-order valence-corrected chi connectivity index (χ1v) is 3.42. The summed E-state index contributed by atoms with van der Waals surface area (Å²) in [6.07, 6.45) is 4.28. The zero-order chi connectivity index (χ0) is 9.84. The van der Waals surface area contributed by atoms with Gasteiger partial charge in [-0.1, -0.05) is 0 Å². The molecule has 0 saturated carbocycles. The molecule has 0 fully saturated rings. The highest BCUT2D eigenvalue weighted by atomic mass is 16.2. The summed E-state index contributed by atoms with van der Waals surface area (Å²) in [5, 5.41) is 2.51. The van der Waals surface area contributed by atoms with E-state index in [0.29, 0.717) is 0 Å². The molecule has 5 N–H and O–H groups in total. The van der Waals surface area contributed by atoms with Crippen molar-refractivity contribution in [2.24, 2.45) is 16.5 Å². The third kappa shape index (κ3) is 1.92. The van der Waals surface area contributed by atoms with Crippen molar-refractivity contribution in [2.45, 2.75) is 0 Å². The summed E-state index contributed by atoms with van der Waals surface area (Å²) < 4.78 is 0. The molecule has 0 aromatic rings. The summed E-state index contributed by atoms with van der Waals surface area (Å²) in [5.41, 5.74) is 9.70. The fourth-order valence-electron chi connectivity index (χ4n) is 0.800. The standard InChI is InChI=1S/C7H8N4O2/c8-6(12)4-5(7(9)13)11-3-1-2-10-4/h1-3,10H,(H2,8,12)(H2,9,13). The number of hydrogen-bond acceptors (Lipinski definition) is 4. The smallest absolute Gasteiger partial charge is 0.269 e. The van der Waals surface area contributed by atoms with Crippen molar-refractivity contribution in [2.75, 3.05) is 0 Å². The van der Waals surface area contributed by atoms with Gasteiger partial charge in [-0.25, -0.2) is 4.99 Å². The van der Waals surface area contributed by atoms with Crippen molar-refractivity contribution >= 4 is 18.0 Å². The number of hydrogen-bond donors (Lipinski definition) is 3. The quantitative estimate of drug-likeness (QED) is 0.473. The highest BCUT2D eigenvalue weighted by Gasteiger charge is 2.16. The molecular formula is C7H8N4O2. The summed E-state index contributed by atoms with van der Waals surface area (Å²) in [6, 6.07) is 0. The van der Waals surface area contributed by atoms with Crippen LogP contribution in [0, 0.1) is 0 Å². The summed E-state index contributed by atoms with van der Waals surface area (Å²) >= 11 is 0. The zero-order valence-corrected chi connectivity index (χ0v) is 6.65. The Morgan fingerprint density at radius 1 is 1.31 bits per heavy atom. The van der Waals surface area contributed by atoms with Crippen molar-refractivity contribution in [1.82, 2.24) is 5.32 Å². The monoisotopic (exact) mass is 180 g/mol. The minimum absolute atomic E-state index is 0.0995. The first kappa shape index (κ1) is 8.98. The minimum Gasteiger partial charge on any atom is -0.364 e. The van der Waals surface area contributed by atoms with Crippen molar-refractivity contribution in [3.8, 4) is 0 Å². The number of primary amides is 2. The first-order chi connectivity index (χ1) is 6.13. The van der Waals surface area contributed by atoms with Gasteiger partial charge >= 0.3 is 0 Å². The van der Waals surface area contributed by atoms with Crippen LogP contribution in [0.15, 0.2) is 28.7 Å². The van der Waals surface area contributed by atoms with Crippen molar-refractivity contribution in [3.05, 3.63) is 23.7 Å². The van der Waals surface area contributed by atoms with Gasteiger partial charge in [-0.05, 0) is 6.08 Å². The number of nitrogens with zero attached hydrogens (tertiary/aromatic N) is 1. The topological polar surface area (TPSA) is 111 Å². The lowest BCUT2D eigenvalue weighted by Crippen LogP contribution is -2.28. The Bertz CT molecular complexity index is 340. The lowest BCUT2D eigenvalue weighted by Gasteiger charge is -2.03. The van der Waals surface area contributed by atoms with Crippen LogP contribution in [0.5, 0.6) is 0 Å². The van der Waals surface area contributed by atoms with Gasteiger partial charge in [0.1, 0.15) is 5.70 Å². The van der Waals surface area contributed by atoms with E-state index in [2.05, 4.69) is 10.3 Å². The van der Waals surface area contributed by atoms with Crippen LogP contribution in [-0.2, 0) is 9.59 Å². The van der Waals surface area contributed by atoms with Crippen LogP contribution >= 0.6 is 0 Å². The van der Waals surface area contributed by atoms with Gasteiger partial charge in [0.15, 0.2) is 5.70 Å². The van der Waals surface area contributed by atoms with Crippen LogP contribution in [0.1, 0.15) is 0 Å². The lowest BCUT2D eigenvalue weighted by atomic mass is 10.3. The Morgan fingerprint density at radius 3 is 2.54 bits per heavy atom. The lowest BCUT2D eigenvalue weighted by molar-refractivity contribution is -0.117. The maximum Gasteiger partial charge on any atom is 0.269 e. The van der Waals surface area contributed by atoms with E-state index in [1.165, 1.54) is 18.5 Å². The molecule has 0 unspecified atom stereocenters. The maximum absolute atomic E-state index is 10.8. The number of carbonyl (C=O) groups excluding carboxylic acids is 2. The molecule has 1 aliphatic heterocycles. The second-order valence-electron chi connectivity index (χ2n) is 2.23. The van der Waals surface area contributed by atoms with E-state index in [1.807, 2.05) is 0 Å². The van der Waals surface area contributed by atoms with Crippen LogP contribution in [0.25, 0.3) is 0 Å². The molecule has 6 nitrogen and oxygen atoms in total. The molecule has 1 rings (SSSR count). The number of allylic oxidation sites excluding steroid dienone is 1. The van der Waals surface area contributed by atoms with Crippen molar-refractivity contribution in [3.63, 3.8) is 0 Å². The van der Waals surface area contributed by atoms with E-state index in [9.17, 15) is 9.59 Å². The normalized spacial score (nSPS) is 15.1. The van der Waals surface area contributed by atoms with E-state index in [1.54, 1.807) is 0 Å². The fraction of sp³-hybridized carbons (Fsp3) is 0. The Balaban J connectivity index is 3.17. The van der Waals surface area contributed by atoms with Crippen LogP contribution in [0.3, 0.4) is 0 Å². The summed E-state index contributed by atoms with van der Waals surface area (Å²) in [5.74, 6) is -1.58. The highest BCUT2D eigenvalue weighted by molar-refractivity contribution is 6.04. The first-order valence-electron chi connectivity index (χ1n) is 3.42. The van der Waals surface area contributed by atoms with E-state index < -0.39 is 11.8 Å². The molecule has 1 aliphatic rings. The second kappa shape index (κ2) is 3.53. The van der Waals surface area contributed by atoms with Crippen LogP contribution in [0.2, 0.25) is 0 Å². The Kier molecular flexibility index (Phi) is 2.44. The highest BCUT2D eigenvalue weighted by Crippen LogP contribution is 2.04. The number of carbonyl (C=O) groups is 2. The molecule has 0 atom stereocenters. The van der Waals surface area contributed by atoms with Gasteiger partial charge in [0.25, 0.3) is 11.8 Å². The number of amides is 2. The number of nitrogens with one attached hydrogen (secondary N) is 1. The van der Waals surface area contributed by atoms with Crippen LogP contribution < -0.4 is 16.8 Å². The van der Waals surface area contributed by atoms with Gasteiger partial charge in [-0.15, -0.1) is 0 Å². The molecule has 1 heterocycles. The third-order valence-electron chi connectivity index (χ3n) is 1.33. The third-order valence-corrected chi connectivity index (χ3v) is 1.33. The largest absolute Gasteiger partial charge is 0.364 e. The van der Waals surface area contributed by atoms with Crippen molar-refractivity contribution in [1.29, 1.82) is 0 Å². The predicted molar refractivity (Wildman–Crippen MR) is 46.2 cm³/mol. The number of nitrogens with two attached hydrogens (primary N) is 2. The molecule has 0 saturated heterocycles. The maximum atomic E-state index is 10.8. The van der Waals surface area contributed by atoms with Crippen LogP contribution in [0.4, 0.5) is 0 Å². The Labute approximate surface area is 74.0 Å². The summed E-state index contributed by atoms with van der Waals surface area (Å²) in [6.45, 7) is 0. The Morgan fingerprint density at radius 2 is 2.00 bits per heavy atom. The van der Waals surface area contributed by atoms with Gasteiger partial charge in [0.05, 0.1) is 0 Å². The van der Waals surface area contributed by atoms with Gasteiger partial charge in [0.2, 0.25) is 0 Å². The molecule has 0 aromatic carbocycles. The minimum atomic E-state index is -0.804. The SMILES string of the molecule is NC(=O)C1=C(C(N)=O)NC=CC=N1. The number of rotatable bonds is 2. The van der Waals surface area contributed by atoms with E-state index in [4.69, 9.17) is 11.5 Å². The van der Waals surface area contributed by atoms with E-state index in [0.717, 1.165) is 0 Å². The average Bonchev–Trinajstić information content (AvgIpc) is 2.27. The zero-order valence-electron chi connectivity index (χ0n) is 6.65. The molecule has 0 spiro atoms. The predicted octanol–water partition coefficient (Wildman–Crippen LogP) is -1.64. The van der Waals surface area contributed by atoms with Crippen molar-refractivity contribution < 1.29 is 9.59 Å². The molecular weight excluding hydrogens is 172 g/mol. The molecule has 0 aromatic heterocycles. The van der Waals surface area contributed by atoms with E-state index in [-0.39, 0.29) is 11.4 Å². The van der Waals surface area contributed by atoms with Gasteiger partial charge in [0, 0.05) is 12.4 Å². The molecule has 0 aliphatic carbocycles. The van der Waals surface area contributed by atoms with Gasteiger partial charge < -0.3 is 16.8 Å². The molecule has 13 heavy (non-hydrogen) atoms. The molecule has 0 bridgehead atoms. The van der Waals surface area contributed by atoms with E-state index >= 15 is 0 Å². The van der Waals surface area contributed by atoms with Crippen LogP contribution in [-0.4, -0.2) is 18.0 Å². The van der Waals surface area contributed by atoms with Gasteiger partial charge in [-0.3, -0.25) is 9.59 Å². The molecule has 0 radical (unpaired) electrons. The Hall–Kier alpha value is -2.11. The molecule has 6 heteroatoms. The average molecular weight is 180 g/mol. The van der Waals surface area contributed by atoms with Gasteiger partial charge in [-0.2, -0.15) is 0 Å². The number of aliphatic imine (C=N–C) groups is 1. The second-order valence-corrected chi connectivity index (χ2v) is 2.23. The summed E-state index contributed by atoms with van der Waals surface area (Å²) in [7, 11) is 0. The molecule has 2 amide bonds. The molecule has 68 valence electrons.